The van der Waals surface area contributed by atoms with Gasteiger partial charge in [-0.15, -0.1) is 11.8 Å². The van der Waals surface area contributed by atoms with E-state index in [0.29, 0.717) is 19.7 Å². The summed E-state index contributed by atoms with van der Waals surface area (Å²) in [5, 5.41) is 0.781. The molecule has 6 nitrogen and oxygen atoms in total. The number of thioether (sulfide) groups is 1. The number of rotatable bonds is 10. The highest BCUT2D eigenvalue weighted by Crippen LogP contribution is 2.24. The molecule has 0 saturated heterocycles. The average Bonchev–Trinajstić information content (AvgIpc) is 2.78. The lowest BCUT2D eigenvalue weighted by atomic mass is 10.2. The second kappa shape index (κ2) is 10.6. The van der Waals surface area contributed by atoms with Gasteiger partial charge in [0.05, 0.1) is 10.7 Å². The molecule has 0 saturated carbocycles. The summed E-state index contributed by atoms with van der Waals surface area (Å²) in [6, 6.07) is 17.0. The van der Waals surface area contributed by atoms with Gasteiger partial charge < -0.3 is 4.74 Å². The van der Waals surface area contributed by atoms with Gasteiger partial charge >= 0.3 is 0 Å². The van der Waals surface area contributed by atoms with E-state index in [9.17, 15) is 8.42 Å². The van der Waals surface area contributed by atoms with Crippen molar-refractivity contribution in [1.82, 2.24) is 14.3 Å². The van der Waals surface area contributed by atoms with E-state index in [1.165, 1.54) is 10.5 Å². The Morgan fingerprint density at radius 2 is 1.73 bits per heavy atom. The lowest BCUT2D eigenvalue weighted by molar-refractivity contribution is 0.301. The highest BCUT2D eigenvalue weighted by molar-refractivity contribution is 7.98. The van der Waals surface area contributed by atoms with Crippen LogP contribution in [0.4, 0.5) is 0 Å². The summed E-state index contributed by atoms with van der Waals surface area (Å²) in [6.07, 6.45) is 3.18. The molecule has 0 amide bonds. The fraction of sp³-hybridized carbons (Fsp3) is 0.273. The third kappa shape index (κ3) is 5.81. The van der Waals surface area contributed by atoms with E-state index in [0.717, 1.165) is 27.8 Å². The zero-order chi connectivity index (χ0) is 21.4. The van der Waals surface area contributed by atoms with Crippen LogP contribution in [0.2, 0.25) is 0 Å². The van der Waals surface area contributed by atoms with Gasteiger partial charge in [0.1, 0.15) is 17.3 Å². The first-order valence-electron chi connectivity index (χ1n) is 9.73. The van der Waals surface area contributed by atoms with Gasteiger partial charge in [-0.2, -0.15) is 4.31 Å². The summed E-state index contributed by atoms with van der Waals surface area (Å²) in [6.45, 7) is 4.97. The number of sulfonamides is 1. The Balaban J connectivity index is 1.54. The molecule has 158 valence electrons. The molecular weight excluding hydrogens is 418 g/mol. The highest BCUT2D eigenvalue weighted by atomic mass is 32.2. The zero-order valence-corrected chi connectivity index (χ0v) is 18.7. The molecule has 2 heterocycles. The molecule has 3 aromatic rings. The number of nitrogens with zero attached hydrogens (tertiary/aromatic N) is 3. The van der Waals surface area contributed by atoms with E-state index in [1.807, 2.05) is 56.3 Å². The van der Waals surface area contributed by atoms with Crippen LogP contribution in [0.1, 0.15) is 25.1 Å². The van der Waals surface area contributed by atoms with Gasteiger partial charge in [0.15, 0.2) is 0 Å². The quantitative estimate of drug-likeness (QED) is 0.433. The number of hydrogen-bond acceptors (Lipinski definition) is 6. The van der Waals surface area contributed by atoms with Gasteiger partial charge in [-0.05, 0) is 42.0 Å². The minimum atomic E-state index is -3.47. The van der Waals surface area contributed by atoms with Crippen LogP contribution in [-0.4, -0.2) is 35.8 Å². The summed E-state index contributed by atoms with van der Waals surface area (Å²) in [5.74, 6) is 1.52. The summed E-state index contributed by atoms with van der Waals surface area (Å²) in [7, 11) is -3.47. The predicted molar refractivity (Wildman–Crippen MR) is 119 cm³/mol. The van der Waals surface area contributed by atoms with Crippen molar-refractivity contribution in [2.45, 2.75) is 36.1 Å². The molecule has 0 N–H and O–H groups in total. The summed E-state index contributed by atoms with van der Waals surface area (Å²) < 4.78 is 32.2. The van der Waals surface area contributed by atoms with Gasteiger partial charge in [-0.25, -0.2) is 13.4 Å². The fourth-order valence-corrected chi connectivity index (χ4v) is 5.00. The first kappa shape index (κ1) is 22.3. The predicted octanol–water partition coefficient (Wildman–Crippen LogP) is 4.38. The maximum absolute atomic E-state index is 12.5. The van der Waals surface area contributed by atoms with Crippen molar-refractivity contribution in [3.63, 3.8) is 0 Å². The Labute approximate surface area is 182 Å². The van der Waals surface area contributed by atoms with Crippen molar-refractivity contribution in [2.75, 3.05) is 13.1 Å². The molecule has 0 aliphatic heterocycles. The minimum Gasteiger partial charge on any atom is -0.487 e. The van der Waals surface area contributed by atoms with E-state index in [-0.39, 0.29) is 4.90 Å². The Kier molecular flexibility index (Phi) is 7.84. The van der Waals surface area contributed by atoms with Gasteiger partial charge in [-0.3, -0.25) is 4.98 Å². The van der Waals surface area contributed by atoms with E-state index in [1.54, 1.807) is 30.1 Å². The maximum atomic E-state index is 12.5. The van der Waals surface area contributed by atoms with Crippen LogP contribution in [0.5, 0.6) is 5.75 Å². The Morgan fingerprint density at radius 3 is 2.33 bits per heavy atom. The van der Waals surface area contributed by atoms with Gasteiger partial charge in [0, 0.05) is 31.2 Å². The van der Waals surface area contributed by atoms with Crippen molar-refractivity contribution in [2.24, 2.45) is 0 Å². The molecular formula is C22H25N3O3S2. The van der Waals surface area contributed by atoms with Crippen LogP contribution in [0.25, 0.3) is 0 Å². The number of hydrogen-bond donors (Lipinski definition) is 0. The SMILES string of the molecule is CCN(CC)S(=O)(=O)c1ccc(SCc2ccc(OCc3ccccn3)cc2)nc1. The van der Waals surface area contributed by atoms with Gasteiger partial charge in [-0.1, -0.05) is 32.0 Å². The number of benzene rings is 1. The molecule has 3 rings (SSSR count). The van der Waals surface area contributed by atoms with E-state index >= 15 is 0 Å². The van der Waals surface area contributed by atoms with Crippen LogP contribution >= 0.6 is 11.8 Å². The smallest absolute Gasteiger partial charge is 0.244 e. The van der Waals surface area contributed by atoms with Crippen molar-refractivity contribution < 1.29 is 13.2 Å². The van der Waals surface area contributed by atoms with Crippen LogP contribution in [0, 0.1) is 0 Å². The standard InChI is InChI=1S/C22H25N3O3S2/c1-3-25(4-2)30(26,27)21-12-13-22(24-15-21)29-17-18-8-10-20(11-9-18)28-16-19-7-5-6-14-23-19/h5-15H,3-4,16-17H2,1-2H3. The molecule has 0 aliphatic carbocycles. The van der Waals surface area contributed by atoms with Crippen molar-refractivity contribution in [1.29, 1.82) is 0 Å². The van der Waals surface area contributed by atoms with Crippen LogP contribution in [0.15, 0.2) is 76.9 Å². The Morgan fingerprint density at radius 1 is 0.967 bits per heavy atom. The van der Waals surface area contributed by atoms with Gasteiger partial charge in [0.25, 0.3) is 0 Å². The normalized spacial score (nSPS) is 11.6. The van der Waals surface area contributed by atoms with E-state index in [4.69, 9.17) is 4.74 Å². The molecule has 0 spiro atoms. The maximum Gasteiger partial charge on any atom is 0.244 e. The first-order chi connectivity index (χ1) is 14.5. The molecule has 0 unspecified atom stereocenters. The number of pyridine rings is 2. The molecule has 30 heavy (non-hydrogen) atoms. The molecule has 0 bridgehead atoms. The molecule has 8 heteroatoms. The Bertz CT molecular complexity index is 1020. The van der Waals surface area contributed by atoms with Crippen LogP contribution in [-0.2, 0) is 22.4 Å². The van der Waals surface area contributed by atoms with E-state index in [2.05, 4.69) is 9.97 Å². The first-order valence-corrected chi connectivity index (χ1v) is 12.2. The summed E-state index contributed by atoms with van der Waals surface area (Å²) in [4.78, 5) is 8.78. The number of aromatic nitrogens is 2. The second-order valence-corrected chi connectivity index (χ2v) is 9.40. The lowest BCUT2D eigenvalue weighted by Gasteiger charge is -2.18. The lowest BCUT2D eigenvalue weighted by Crippen LogP contribution is -2.30. The van der Waals surface area contributed by atoms with Crippen LogP contribution < -0.4 is 4.74 Å². The minimum absolute atomic E-state index is 0.227. The molecule has 0 aliphatic rings. The third-order valence-electron chi connectivity index (χ3n) is 4.48. The molecule has 0 atom stereocenters. The van der Waals surface area contributed by atoms with Gasteiger partial charge in [0.2, 0.25) is 10.0 Å². The highest BCUT2D eigenvalue weighted by Gasteiger charge is 2.21. The molecule has 2 aromatic heterocycles. The average molecular weight is 444 g/mol. The van der Waals surface area contributed by atoms with Crippen molar-refractivity contribution >= 4 is 21.8 Å². The van der Waals surface area contributed by atoms with Crippen molar-refractivity contribution in [3.05, 3.63) is 78.2 Å². The fourth-order valence-electron chi connectivity index (χ4n) is 2.80. The topological polar surface area (TPSA) is 72.4 Å². The molecule has 0 fully saturated rings. The third-order valence-corrected chi connectivity index (χ3v) is 7.52. The molecule has 0 radical (unpaired) electrons. The Hall–Kier alpha value is -2.42. The monoisotopic (exact) mass is 443 g/mol. The van der Waals surface area contributed by atoms with Crippen molar-refractivity contribution in [3.8, 4) is 5.75 Å². The molecule has 1 aromatic carbocycles. The summed E-state index contributed by atoms with van der Waals surface area (Å²) in [5.41, 5.74) is 2.02. The van der Waals surface area contributed by atoms with E-state index < -0.39 is 10.0 Å². The summed E-state index contributed by atoms with van der Waals surface area (Å²) >= 11 is 1.56. The zero-order valence-electron chi connectivity index (χ0n) is 17.1. The number of ether oxygens (including phenoxy) is 1. The van der Waals surface area contributed by atoms with Crippen LogP contribution in [0.3, 0.4) is 0 Å². The second-order valence-electron chi connectivity index (χ2n) is 6.46. The largest absolute Gasteiger partial charge is 0.487 e.